The molecule has 0 saturated carbocycles. The molecule has 3 aromatic rings. The van der Waals surface area contributed by atoms with Gasteiger partial charge in [0, 0.05) is 18.9 Å². The van der Waals surface area contributed by atoms with Gasteiger partial charge in [-0.25, -0.2) is 9.67 Å². The van der Waals surface area contributed by atoms with E-state index in [-0.39, 0.29) is 30.0 Å². The normalized spacial score (nSPS) is 12.1. The maximum Gasteiger partial charge on any atom is 0.192 e. The first-order chi connectivity index (χ1) is 12.8. The molecule has 6 heteroatoms. The van der Waals surface area contributed by atoms with Gasteiger partial charge in [0.1, 0.15) is 0 Å². The van der Waals surface area contributed by atoms with E-state index in [2.05, 4.69) is 66.0 Å². The zero-order valence-electron chi connectivity index (χ0n) is 15.7. The van der Waals surface area contributed by atoms with Gasteiger partial charge in [0.2, 0.25) is 0 Å². The van der Waals surface area contributed by atoms with E-state index in [4.69, 9.17) is 4.99 Å². The van der Waals surface area contributed by atoms with Gasteiger partial charge in [-0.05, 0) is 37.1 Å². The number of rotatable bonds is 6. The van der Waals surface area contributed by atoms with Crippen molar-refractivity contribution in [3.8, 4) is 5.69 Å². The Morgan fingerprint density at radius 3 is 2.52 bits per heavy atom. The van der Waals surface area contributed by atoms with Crippen LogP contribution in [-0.2, 0) is 6.54 Å². The maximum atomic E-state index is 4.77. The van der Waals surface area contributed by atoms with E-state index >= 15 is 0 Å². The Morgan fingerprint density at radius 2 is 1.81 bits per heavy atom. The Morgan fingerprint density at radius 1 is 1.07 bits per heavy atom. The summed E-state index contributed by atoms with van der Waals surface area (Å²) in [7, 11) is 0. The van der Waals surface area contributed by atoms with E-state index in [1.165, 1.54) is 5.56 Å². The van der Waals surface area contributed by atoms with Crippen LogP contribution in [0.5, 0.6) is 0 Å². The van der Waals surface area contributed by atoms with Crippen molar-refractivity contribution in [2.75, 3.05) is 6.54 Å². The highest BCUT2D eigenvalue weighted by Gasteiger charge is 2.08. The minimum absolute atomic E-state index is 0. The second kappa shape index (κ2) is 10.7. The topological polar surface area (TPSA) is 54.2 Å². The van der Waals surface area contributed by atoms with Crippen molar-refractivity contribution < 1.29 is 0 Å². The SMILES string of the molecule is CCNC(=NCc1ccccc1-n1cccn1)NC(C)c1ccccc1.I. The smallest absolute Gasteiger partial charge is 0.192 e. The number of nitrogens with one attached hydrogen (secondary N) is 2. The fourth-order valence-electron chi connectivity index (χ4n) is 2.79. The molecule has 142 valence electrons. The van der Waals surface area contributed by atoms with Gasteiger partial charge in [-0.2, -0.15) is 5.10 Å². The van der Waals surface area contributed by atoms with E-state index in [9.17, 15) is 0 Å². The lowest BCUT2D eigenvalue weighted by molar-refractivity contribution is 0.686. The van der Waals surface area contributed by atoms with Crippen molar-refractivity contribution in [1.82, 2.24) is 20.4 Å². The van der Waals surface area contributed by atoms with Crippen LogP contribution in [0.25, 0.3) is 5.69 Å². The molecule has 0 radical (unpaired) electrons. The van der Waals surface area contributed by atoms with Gasteiger partial charge in [-0.15, -0.1) is 24.0 Å². The lowest BCUT2D eigenvalue weighted by Crippen LogP contribution is -2.38. The predicted molar refractivity (Wildman–Crippen MR) is 122 cm³/mol. The van der Waals surface area contributed by atoms with E-state index in [1.54, 1.807) is 6.20 Å². The summed E-state index contributed by atoms with van der Waals surface area (Å²) in [6, 6.07) is 20.7. The summed E-state index contributed by atoms with van der Waals surface area (Å²) in [5.74, 6) is 0.805. The molecule has 27 heavy (non-hydrogen) atoms. The van der Waals surface area contributed by atoms with Gasteiger partial charge in [0.05, 0.1) is 18.3 Å². The molecule has 0 spiro atoms. The largest absolute Gasteiger partial charge is 0.357 e. The van der Waals surface area contributed by atoms with Gasteiger partial charge in [-0.3, -0.25) is 0 Å². The van der Waals surface area contributed by atoms with Crippen molar-refractivity contribution in [2.24, 2.45) is 4.99 Å². The molecule has 0 aliphatic carbocycles. The minimum Gasteiger partial charge on any atom is -0.357 e. The average Bonchev–Trinajstić information content (AvgIpc) is 3.22. The second-order valence-corrected chi connectivity index (χ2v) is 6.05. The molecule has 2 N–H and O–H groups in total. The van der Waals surface area contributed by atoms with Crippen molar-refractivity contribution >= 4 is 29.9 Å². The second-order valence-electron chi connectivity index (χ2n) is 6.05. The van der Waals surface area contributed by atoms with Crippen LogP contribution in [0.4, 0.5) is 0 Å². The third-order valence-electron chi connectivity index (χ3n) is 4.15. The Hall–Kier alpha value is -2.35. The number of para-hydroxylation sites is 1. The molecule has 1 atom stereocenters. The monoisotopic (exact) mass is 475 g/mol. The predicted octanol–water partition coefficient (Wildman–Crippen LogP) is 4.31. The molecule has 3 rings (SSSR count). The van der Waals surface area contributed by atoms with E-state index in [1.807, 2.05) is 35.1 Å². The highest BCUT2D eigenvalue weighted by molar-refractivity contribution is 14.0. The summed E-state index contributed by atoms with van der Waals surface area (Å²) >= 11 is 0. The van der Waals surface area contributed by atoms with Crippen LogP contribution in [0.15, 0.2) is 78.0 Å². The van der Waals surface area contributed by atoms with Crippen LogP contribution >= 0.6 is 24.0 Å². The molecule has 2 aromatic carbocycles. The van der Waals surface area contributed by atoms with Gasteiger partial charge < -0.3 is 10.6 Å². The van der Waals surface area contributed by atoms with E-state index in [0.717, 1.165) is 23.8 Å². The Labute approximate surface area is 177 Å². The Balaban J connectivity index is 0.00000261. The molecule has 0 aliphatic rings. The van der Waals surface area contributed by atoms with Crippen LogP contribution in [0.3, 0.4) is 0 Å². The first kappa shape index (κ1) is 21.0. The summed E-state index contributed by atoms with van der Waals surface area (Å²) in [5, 5.41) is 11.1. The van der Waals surface area contributed by atoms with Crippen molar-refractivity contribution in [1.29, 1.82) is 0 Å². The van der Waals surface area contributed by atoms with Crippen molar-refractivity contribution in [3.63, 3.8) is 0 Å². The number of nitrogens with zero attached hydrogens (tertiary/aromatic N) is 3. The summed E-state index contributed by atoms with van der Waals surface area (Å²) in [5.41, 5.74) is 3.41. The summed E-state index contributed by atoms with van der Waals surface area (Å²) in [6.07, 6.45) is 3.73. The number of halogens is 1. The molecule has 0 bridgehead atoms. The average molecular weight is 475 g/mol. The molecule has 5 nitrogen and oxygen atoms in total. The lowest BCUT2D eigenvalue weighted by atomic mass is 10.1. The zero-order valence-corrected chi connectivity index (χ0v) is 18.0. The third kappa shape index (κ3) is 5.82. The van der Waals surface area contributed by atoms with E-state index in [0.29, 0.717) is 6.54 Å². The molecule has 1 unspecified atom stereocenters. The maximum absolute atomic E-state index is 4.77. The van der Waals surface area contributed by atoms with Crippen LogP contribution in [0.1, 0.15) is 31.0 Å². The molecule has 0 amide bonds. The molecule has 0 aliphatic heterocycles. The molecule has 0 fully saturated rings. The number of aliphatic imine (C=N–C) groups is 1. The van der Waals surface area contributed by atoms with Crippen molar-refractivity contribution in [2.45, 2.75) is 26.4 Å². The molecular formula is C21H26IN5. The highest BCUT2D eigenvalue weighted by atomic mass is 127. The van der Waals surface area contributed by atoms with Gasteiger partial charge in [0.25, 0.3) is 0 Å². The minimum atomic E-state index is 0. The standard InChI is InChI=1S/C21H25N5.HI/c1-3-22-21(25-17(2)18-10-5-4-6-11-18)23-16-19-12-7-8-13-20(19)26-15-9-14-24-26;/h4-15,17H,3,16H2,1-2H3,(H2,22,23,25);1H. The fourth-order valence-corrected chi connectivity index (χ4v) is 2.79. The van der Waals surface area contributed by atoms with Gasteiger partial charge in [0.15, 0.2) is 5.96 Å². The summed E-state index contributed by atoms with van der Waals surface area (Å²) < 4.78 is 1.87. The van der Waals surface area contributed by atoms with Crippen LogP contribution in [0, 0.1) is 0 Å². The third-order valence-corrected chi connectivity index (χ3v) is 4.15. The molecule has 1 aromatic heterocycles. The molecular weight excluding hydrogens is 449 g/mol. The first-order valence-corrected chi connectivity index (χ1v) is 8.95. The number of aromatic nitrogens is 2. The number of hydrogen-bond donors (Lipinski definition) is 2. The lowest BCUT2D eigenvalue weighted by Gasteiger charge is -2.18. The summed E-state index contributed by atoms with van der Waals surface area (Å²) in [4.78, 5) is 4.77. The van der Waals surface area contributed by atoms with Crippen LogP contribution in [0.2, 0.25) is 0 Å². The number of hydrogen-bond acceptors (Lipinski definition) is 2. The van der Waals surface area contributed by atoms with Crippen LogP contribution < -0.4 is 10.6 Å². The van der Waals surface area contributed by atoms with Gasteiger partial charge in [-0.1, -0.05) is 48.5 Å². The van der Waals surface area contributed by atoms with Crippen molar-refractivity contribution in [3.05, 3.63) is 84.2 Å². The van der Waals surface area contributed by atoms with E-state index < -0.39 is 0 Å². The fraction of sp³-hybridized carbons (Fsp3) is 0.238. The quantitative estimate of drug-likeness (QED) is 0.318. The first-order valence-electron chi connectivity index (χ1n) is 8.95. The summed E-state index contributed by atoms with van der Waals surface area (Å²) in [6.45, 7) is 5.60. The highest BCUT2D eigenvalue weighted by Crippen LogP contribution is 2.15. The number of benzene rings is 2. The Bertz CT molecular complexity index is 831. The zero-order chi connectivity index (χ0) is 18.2. The number of guanidine groups is 1. The van der Waals surface area contributed by atoms with Gasteiger partial charge >= 0.3 is 0 Å². The van der Waals surface area contributed by atoms with Crippen LogP contribution in [-0.4, -0.2) is 22.3 Å². The molecule has 1 heterocycles. The Kier molecular flexibility index (Phi) is 8.32. The molecule has 0 saturated heterocycles.